The van der Waals surface area contributed by atoms with Crippen LogP contribution in [0.15, 0.2) is 47.4 Å². The highest BCUT2D eigenvalue weighted by atomic mass is 32.2. The van der Waals surface area contributed by atoms with Gasteiger partial charge in [0.2, 0.25) is 0 Å². The van der Waals surface area contributed by atoms with Crippen molar-refractivity contribution in [2.75, 3.05) is 11.8 Å². The summed E-state index contributed by atoms with van der Waals surface area (Å²) in [5, 5.41) is 20.3. The van der Waals surface area contributed by atoms with Crippen molar-refractivity contribution in [3.05, 3.63) is 58.1 Å². The van der Waals surface area contributed by atoms with Crippen LogP contribution in [0.1, 0.15) is 5.56 Å². The molecule has 0 amide bonds. The van der Waals surface area contributed by atoms with Crippen molar-refractivity contribution in [1.29, 1.82) is 0 Å². The van der Waals surface area contributed by atoms with Crippen molar-refractivity contribution in [3.8, 4) is 5.75 Å². The van der Waals surface area contributed by atoms with Crippen molar-refractivity contribution < 1.29 is 23.2 Å². The van der Waals surface area contributed by atoms with Crippen LogP contribution < -0.4 is 9.46 Å². The molecular weight excluding hydrogens is 324 g/mol. The van der Waals surface area contributed by atoms with E-state index in [4.69, 9.17) is 4.74 Å². The lowest BCUT2D eigenvalue weighted by Crippen LogP contribution is -2.16. The zero-order valence-electron chi connectivity index (χ0n) is 12.1. The fourth-order valence-electron chi connectivity index (χ4n) is 1.95. The predicted molar refractivity (Wildman–Crippen MR) is 82.8 cm³/mol. The summed E-state index contributed by atoms with van der Waals surface area (Å²) in [5.74, 6) is 0.377. The standard InChI is InChI=1S/C14H14N2O6S/c1-22-11-7-6-10(9-17)12(8-11)15-23(20,21)14-5-3-2-4-13(14)16(18)19/h2-8,15,17H,9H2,1H3. The number of sulfonamides is 1. The zero-order valence-corrected chi connectivity index (χ0v) is 12.9. The molecule has 0 saturated carbocycles. The molecule has 2 rings (SSSR count). The summed E-state index contributed by atoms with van der Waals surface area (Å²) in [7, 11) is -2.79. The van der Waals surface area contributed by atoms with Gasteiger partial charge in [-0.3, -0.25) is 14.8 Å². The van der Waals surface area contributed by atoms with Crippen LogP contribution in [0.3, 0.4) is 0 Å². The van der Waals surface area contributed by atoms with E-state index in [2.05, 4.69) is 4.72 Å². The molecule has 23 heavy (non-hydrogen) atoms. The highest BCUT2D eigenvalue weighted by Gasteiger charge is 2.25. The molecule has 8 nitrogen and oxygen atoms in total. The molecule has 2 aromatic carbocycles. The molecule has 0 saturated heterocycles. The molecule has 0 unspecified atom stereocenters. The monoisotopic (exact) mass is 338 g/mol. The molecule has 0 aliphatic rings. The number of hydrogen-bond donors (Lipinski definition) is 2. The summed E-state index contributed by atoms with van der Waals surface area (Å²) < 4.78 is 32.2. The second-order valence-corrected chi connectivity index (χ2v) is 6.16. The van der Waals surface area contributed by atoms with E-state index in [0.29, 0.717) is 11.3 Å². The topological polar surface area (TPSA) is 119 Å². The number of nitro groups is 1. The summed E-state index contributed by atoms with van der Waals surface area (Å²) in [5.41, 5.74) is -0.133. The molecule has 0 aliphatic carbocycles. The maximum Gasteiger partial charge on any atom is 0.289 e. The Labute approximate surface area is 132 Å². The number of nitrogens with one attached hydrogen (secondary N) is 1. The van der Waals surface area contributed by atoms with Gasteiger partial charge in [0.1, 0.15) is 5.75 Å². The molecule has 0 aliphatic heterocycles. The largest absolute Gasteiger partial charge is 0.497 e. The van der Waals surface area contributed by atoms with Gasteiger partial charge in [-0.25, -0.2) is 8.42 Å². The molecule has 2 aromatic rings. The molecule has 0 bridgehead atoms. The first-order valence-corrected chi connectivity index (χ1v) is 7.91. The molecule has 0 heterocycles. The quantitative estimate of drug-likeness (QED) is 0.613. The van der Waals surface area contributed by atoms with Crippen molar-refractivity contribution in [2.24, 2.45) is 0 Å². The van der Waals surface area contributed by atoms with E-state index in [1.165, 1.54) is 31.4 Å². The number of aliphatic hydroxyl groups excluding tert-OH is 1. The van der Waals surface area contributed by atoms with E-state index < -0.39 is 32.1 Å². The van der Waals surface area contributed by atoms with Crippen LogP contribution in [0.5, 0.6) is 5.75 Å². The Bertz CT molecular complexity index is 835. The third-order valence-electron chi connectivity index (χ3n) is 3.08. The number of ether oxygens (including phenoxy) is 1. The lowest BCUT2D eigenvalue weighted by molar-refractivity contribution is -0.387. The Morgan fingerprint density at radius 1 is 1.26 bits per heavy atom. The maximum atomic E-state index is 12.5. The van der Waals surface area contributed by atoms with E-state index in [-0.39, 0.29) is 5.69 Å². The number of hydrogen-bond acceptors (Lipinski definition) is 6. The van der Waals surface area contributed by atoms with Crippen LogP contribution in [0.2, 0.25) is 0 Å². The molecule has 2 N–H and O–H groups in total. The minimum Gasteiger partial charge on any atom is -0.497 e. The van der Waals surface area contributed by atoms with Crippen LogP contribution >= 0.6 is 0 Å². The van der Waals surface area contributed by atoms with Crippen LogP contribution in [0, 0.1) is 10.1 Å². The zero-order chi connectivity index (χ0) is 17.0. The van der Waals surface area contributed by atoms with Crippen LogP contribution in [-0.4, -0.2) is 25.6 Å². The molecular formula is C14H14N2O6S. The number of methoxy groups -OCH3 is 1. The van der Waals surface area contributed by atoms with Gasteiger partial charge in [0.25, 0.3) is 15.7 Å². The summed E-state index contributed by atoms with van der Waals surface area (Å²) in [4.78, 5) is 9.77. The van der Waals surface area contributed by atoms with Gasteiger partial charge >= 0.3 is 0 Å². The van der Waals surface area contributed by atoms with Gasteiger partial charge in [0.15, 0.2) is 4.90 Å². The molecule has 0 spiro atoms. The Morgan fingerprint density at radius 3 is 2.57 bits per heavy atom. The Hall–Kier alpha value is -2.65. The molecule has 0 aromatic heterocycles. The lowest BCUT2D eigenvalue weighted by Gasteiger charge is -2.13. The number of benzene rings is 2. The molecule has 9 heteroatoms. The second kappa shape index (κ2) is 6.63. The van der Waals surface area contributed by atoms with Crippen molar-refractivity contribution >= 4 is 21.4 Å². The first-order valence-electron chi connectivity index (χ1n) is 6.43. The summed E-state index contributed by atoms with van der Waals surface area (Å²) in [6.07, 6.45) is 0. The minimum atomic E-state index is -4.20. The fraction of sp³-hybridized carbons (Fsp3) is 0.143. The summed E-state index contributed by atoms with van der Waals surface area (Å²) in [6.45, 7) is -0.404. The highest BCUT2D eigenvalue weighted by molar-refractivity contribution is 7.92. The normalized spacial score (nSPS) is 11.0. The Balaban J connectivity index is 2.49. The second-order valence-electron chi connectivity index (χ2n) is 4.51. The van der Waals surface area contributed by atoms with E-state index >= 15 is 0 Å². The van der Waals surface area contributed by atoms with Gasteiger partial charge in [0.05, 0.1) is 24.3 Å². The predicted octanol–water partition coefficient (Wildman–Crippen LogP) is 1.90. The minimum absolute atomic E-state index is 0.0880. The average molecular weight is 338 g/mol. The van der Waals surface area contributed by atoms with Gasteiger partial charge in [-0.2, -0.15) is 0 Å². The summed E-state index contributed by atoms with van der Waals surface area (Å²) in [6, 6.07) is 9.45. The highest BCUT2D eigenvalue weighted by Crippen LogP contribution is 2.28. The Morgan fingerprint density at radius 2 is 1.96 bits per heavy atom. The van der Waals surface area contributed by atoms with Gasteiger partial charge in [-0.15, -0.1) is 0 Å². The lowest BCUT2D eigenvalue weighted by atomic mass is 10.2. The van der Waals surface area contributed by atoms with E-state index in [0.717, 1.165) is 12.1 Å². The van der Waals surface area contributed by atoms with Gasteiger partial charge in [-0.1, -0.05) is 18.2 Å². The first-order chi connectivity index (χ1) is 10.9. The SMILES string of the molecule is COc1ccc(CO)c(NS(=O)(=O)c2ccccc2[N+](=O)[O-])c1. The van der Waals surface area contributed by atoms with E-state index in [1.54, 1.807) is 6.07 Å². The summed E-state index contributed by atoms with van der Waals surface area (Å²) >= 11 is 0. The Kier molecular flexibility index (Phi) is 4.82. The smallest absolute Gasteiger partial charge is 0.289 e. The van der Waals surface area contributed by atoms with E-state index in [9.17, 15) is 23.6 Å². The number of nitrogens with zero attached hydrogens (tertiary/aromatic N) is 1. The molecule has 0 radical (unpaired) electrons. The van der Waals surface area contributed by atoms with Crippen molar-refractivity contribution in [2.45, 2.75) is 11.5 Å². The van der Waals surface area contributed by atoms with E-state index in [1.807, 2.05) is 0 Å². The number of rotatable bonds is 6. The molecule has 0 atom stereocenters. The van der Waals surface area contributed by atoms with Crippen LogP contribution in [-0.2, 0) is 16.6 Å². The number of aliphatic hydroxyl groups is 1. The number of para-hydroxylation sites is 1. The first kappa shape index (κ1) is 16.7. The van der Waals surface area contributed by atoms with Gasteiger partial charge in [-0.05, 0) is 12.1 Å². The fourth-order valence-corrected chi connectivity index (χ4v) is 3.22. The maximum absolute atomic E-state index is 12.5. The third-order valence-corrected chi connectivity index (χ3v) is 4.50. The number of anilines is 1. The van der Waals surface area contributed by atoms with Gasteiger partial charge < -0.3 is 9.84 Å². The van der Waals surface area contributed by atoms with Gasteiger partial charge in [0, 0.05) is 17.7 Å². The van der Waals surface area contributed by atoms with Crippen LogP contribution in [0.4, 0.5) is 11.4 Å². The van der Waals surface area contributed by atoms with Crippen LogP contribution in [0.25, 0.3) is 0 Å². The average Bonchev–Trinajstić information content (AvgIpc) is 2.54. The molecule has 0 fully saturated rings. The number of nitro benzene ring substituents is 1. The van der Waals surface area contributed by atoms with Crippen molar-refractivity contribution in [3.63, 3.8) is 0 Å². The molecule has 122 valence electrons. The van der Waals surface area contributed by atoms with Crippen molar-refractivity contribution in [1.82, 2.24) is 0 Å². The third kappa shape index (κ3) is 3.58.